The maximum atomic E-state index is 12.9. The Morgan fingerprint density at radius 3 is 2.15 bits per heavy atom. The molecule has 2 fully saturated rings. The van der Waals surface area contributed by atoms with Crippen molar-refractivity contribution in [1.82, 2.24) is 9.80 Å². The summed E-state index contributed by atoms with van der Waals surface area (Å²) in [5, 5.41) is 10.2. The van der Waals surface area contributed by atoms with Crippen LogP contribution in [0.25, 0.3) is 0 Å². The summed E-state index contributed by atoms with van der Waals surface area (Å²) in [6.07, 6.45) is 4.01. The van der Waals surface area contributed by atoms with Crippen LogP contribution in [-0.4, -0.2) is 50.9 Å². The van der Waals surface area contributed by atoms with Gasteiger partial charge in [0.1, 0.15) is 11.4 Å². The molecule has 1 heterocycles. The summed E-state index contributed by atoms with van der Waals surface area (Å²) in [6, 6.07) is -0.912. The molecule has 0 unspecified atom stereocenters. The molecule has 0 aromatic carbocycles. The number of nitrogens with two attached hydrogens (primary N) is 2. The van der Waals surface area contributed by atoms with Crippen molar-refractivity contribution >= 4 is 17.8 Å². The molecular weight excluding hydrogens is 336 g/mol. The molecule has 2 aliphatic rings. The Morgan fingerprint density at radius 1 is 1.12 bits per heavy atom. The quantitative estimate of drug-likeness (QED) is 0.492. The van der Waals surface area contributed by atoms with E-state index >= 15 is 0 Å². The number of urea groups is 1. The highest BCUT2D eigenvalue weighted by atomic mass is 16.3. The van der Waals surface area contributed by atoms with Crippen molar-refractivity contribution in [2.24, 2.45) is 17.4 Å². The number of rotatable bonds is 5. The van der Waals surface area contributed by atoms with Gasteiger partial charge in [0.25, 0.3) is 11.8 Å². The molecule has 0 radical (unpaired) electrons. The lowest BCUT2D eigenvalue weighted by molar-refractivity contribution is -0.138. The van der Waals surface area contributed by atoms with Crippen molar-refractivity contribution in [3.05, 3.63) is 11.4 Å². The molecule has 2 rings (SSSR count). The molecule has 5 N–H and O–H groups in total. The van der Waals surface area contributed by atoms with E-state index in [1.165, 1.54) is 0 Å². The van der Waals surface area contributed by atoms with Gasteiger partial charge in [-0.2, -0.15) is 0 Å². The molecule has 4 amide bonds. The Hall–Kier alpha value is -2.09. The molecule has 8 heteroatoms. The molecule has 146 valence electrons. The molecule has 0 spiro atoms. The van der Waals surface area contributed by atoms with E-state index in [0.717, 1.165) is 16.2 Å². The fourth-order valence-corrected chi connectivity index (χ4v) is 3.77. The summed E-state index contributed by atoms with van der Waals surface area (Å²) >= 11 is 0. The summed E-state index contributed by atoms with van der Waals surface area (Å²) in [7, 11) is 0. The fourth-order valence-electron chi connectivity index (χ4n) is 3.77. The zero-order valence-corrected chi connectivity index (χ0v) is 15.8. The zero-order chi connectivity index (χ0) is 19.6. The van der Waals surface area contributed by atoms with Gasteiger partial charge in [-0.25, -0.2) is 4.79 Å². The van der Waals surface area contributed by atoms with Gasteiger partial charge in [0.05, 0.1) is 5.60 Å². The molecule has 0 aromatic heterocycles. The average molecular weight is 366 g/mol. The number of aliphatic hydroxyl groups is 1. The molecule has 1 saturated carbocycles. The Labute approximate surface area is 154 Å². The van der Waals surface area contributed by atoms with Crippen molar-refractivity contribution in [1.29, 1.82) is 0 Å². The van der Waals surface area contributed by atoms with Crippen molar-refractivity contribution < 1.29 is 19.5 Å². The van der Waals surface area contributed by atoms with Gasteiger partial charge in [-0.15, -0.1) is 0 Å². The lowest BCUT2D eigenvalue weighted by atomic mass is 9.76. The van der Waals surface area contributed by atoms with Gasteiger partial charge >= 0.3 is 6.03 Å². The molecule has 1 saturated heterocycles. The number of hydrogen-bond acceptors (Lipinski definition) is 6. The van der Waals surface area contributed by atoms with Gasteiger partial charge < -0.3 is 16.6 Å². The summed E-state index contributed by atoms with van der Waals surface area (Å²) in [5.41, 5.74) is 10.0. The van der Waals surface area contributed by atoms with Crippen molar-refractivity contribution in [2.75, 3.05) is 6.54 Å². The molecule has 0 bridgehead atoms. The Kier molecular flexibility index (Phi) is 5.95. The first-order valence-electron chi connectivity index (χ1n) is 9.26. The fraction of sp³-hybridized carbons (Fsp3) is 0.722. The van der Waals surface area contributed by atoms with E-state index in [1.54, 1.807) is 13.8 Å². The van der Waals surface area contributed by atoms with Crippen LogP contribution in [0.2, 0.25) is 0 Å². The molecule has 26 heavy (non-hydrogen) atoms. The van der Waals surface area contributed by atoms with Gasteiger partial charge in [0, 0.05) is 12.6 Å². The average Bonchev–Trinajstić information content (AvgIpc) is 2.54. The second-order valence-electron chi connectivity index (χ2n) is 7.76. The van der Waals surface area contributed by atoms with E-state index in [9.17, 15) is 19.5 Å². The first kappa shape index (κ1) is 20.2. The van der Waals surface area contributed by atoms with Crippen LogP contribution in [0.5, 0.6) is 0 Å². The second kappa shape index (κ2) is 7.65. The largest absolute Gasteiger partial charge is 0.390 e. The molecule has 0 atom stereocenters. The molecule has 8 nitrogen and oxygen atoms in total. The normalized spacial score (nSPS) is 25.1. The third-order valence-corrected chi connectivity index (χ3v) is 5.41. The molecular formula is C18H30N4O4. The second-order valence-corrected chi connectivity index (χ2v) is 7.76. The number of carbonyl (C=O) groups excluding carboxylic acids is 3. The monoisotopic (exact) mass is 366 g/mol. The first-order valence-corrected chi connectivity index (χ1v) is 9.26. The van der Waals surface area contributed by atoms with Crippen LogP contribution in [0.1, 0.15) is 59.3 Å². The lowest BCUT2D eigenvalue weighted by Crippen LogP contribution is -2.61. The number of imide groups is 2. The van der Waals surface area contributed by atoms with E-state index in [-0.39, 0.29) is 29.9 Å². The van der Waals surface area contributed by atoms with E-state index in [4.69, 9.17) is 11.5 Å². The van der Waals surface area contributed by atoms with Crippen LogP contribution in [0.4, 0.5) is 4.79 Å². The molecule has 0 aromatic rings. The Bertz CT molecular complexity index is 611. The molecule has 1 aliphatic carbocycles. The number of unbranched alkanes of at least 4 members (excludes halogenated alkanes) is 1. The summed E-state index contributed by atoms with van der Waals surface area (Å²) in [6.45, 7) is 5.73. The minimum absolute atomic E-state index is 0.112. The van der Waals surface area contributed by atoms with Crippen LogP contribution in [-0.2, 0) is 9.59 Å². The van der Waals surface area contributed by atoms with Crippen LogP contribution < -0.4 is 11.5 Å². The number of carbonyl (C=O) groups is 3. The Balaban J connectivity index is 2.26. The van der Waals surface area contributed by atoms with Gasteiger partial charge in [-0.05, 0) is 51.9 Å². The van der Waals surface area contributed by atoms with Crippen LogP contribution in [0.3, 0.4) is 0 Å². The standard InChI is InChI=1S/C18H30N4O4/c1-4-5-10-21-15(23)13(14(19)20)16(24)22(17(21)25)12-8-6-11(7-9-12)18(2,3)26/h11-12,26H,4-10,19-20H2,1-3H3/t11-,12-. The highest BCUT2D eigenvalue weighted by Crippen LogP contribution is 2.36. The van der Waals surface area contributed by atoms with E-state index in [1.807, 2.05) is 6.92 Å². The van der Waals surface area contributed by atoms with Crippen LogP contribution in [0, 0.1) is 5.92 Å². The third kappa shape index (κ3) is 3.85. The van der Waals surface area contributed by atoms with E-state index in [0.29, 0.717) is 32.1 Å². The predicted octanol–water partition coefficient (Wildman–Crippen LogP) is 1.04. The third-order valence-electron chi connectivity index (χ3n) is 5.41. The number of barbiturate groups is 1. The Morgan fingerprint density at radius 2 is 1.69 bits per heavy atom. The van der Waals surface area contributed by atoms with Gasteiger partial charge in [-0.3, -0.25) is 19.4 Å². The smallest absolute Gasteiger partial charge is 0.334 e. The summed E-state index contributed by atoms with van der Waals surface area (Å²) in [4.78, 5) is 40.4. The summed E-state index contributed by atoms with van der Waals surface area (Å²) in [5.74, 6) is -1.67. The maximum absolute atomic E-state index is 12.9. The molecule has 1 aliphatic heterocycles. The van der Waals surface area contributed by atoms with Crippen LogP contribution >= 0.6 is 0 Å². The van der Waals surface area contributed by atoms with Crippen molar-refractivity contribution in [3.8, 4) is 0 Å². The van der Waals surface area contributed by atoms with E-state index < -0.39 is 23.4 Å². The van der Waals surface area contributed by atoms with Gasteiger partial charge in [0.2, 0.25) is 0 Å². The van der Waals surface area contributed by atoms with Crippen molar-refractivity contribution in [2.45, 2.75) is 70.9 Å². The van der Waals surface area contributed by atoms with Gasteiger partial charge in [-0.1, -0.05) is 13.3 Å². The number of amides is 4. The highest BCUT2D eigenvalue weighted by Gasteiger charge is 2.47. The van der Waals surface area contributed by atoms with Crippen LogP contribution in [0.15, 0.2) is 11.4 Å². The summed E-state index contributed by atoms with van der Waals surface area (Å²) < 4.78 is 0. The SMILES string of the molecule is CCCCN1C(=O)C(=C(N)N)C(=O)N([C@H]2CC[C@H](C(C)(C)O)CC2)C1=O. The zero-order valence-electron chi connectivity index (χ0n) is 15.8. The van der Waals surface area contributed by atoms with Crippen molar-refractivity contribution in [3.63, 3.8) is 0 Å². The first-order chi connectivity index (χ1) is 12.1. The topological polar surface area (TPSA) is 130 Å². The minimum Gasteiger partial charge on any atom is -0.390 e. The predicted molar refractivity (Wildman–Crippen MR) is 96.3 cm³/mol. The van der Waals surface area contributed by atoms with E-state index in [2.05, 4.69) is 0 Å². The maximum Gasteiger partial charge on any atom is 0.334 e. The number of nitrogens with zero attached hydrogens (tertiary/aromatic N) is 2. The van der Waals surface area contributed by atoms with Gasteiger partial charge in [0.15, 0.2) is 0 Å². The lowest BCUT2D eigenvalue weighted by Gasteiger charge is -2.42. The number of hydrogen-bond donors (Lipinski definition) is 3. The minimum atomic E-state index is -0.795. The highest BCUT2D eigenvalue weighted by molar-refractivity contribution is 6.29.